The van der Waals surface area contributed by atoms with Crippen LogP contribution in [0.4, 0.5) is 5.69 Å². The van der Waals surface area contributed by atoms with E-state index in [0.717, 1.165) is 17.7 Å². The van der Waals surface area contributed by atoms with Gasteiger partial charge in [-0.2, -0.15) is 0 Å². The maximum absolute atomic E-state index is 13.1. The quantitative estimate of drug-likeness (QED) is 0.703. The number of anilines is 1. The van der Waals surface area contributed by atoms with Gasteiger partial charge in [-0.1, -0.05) is 32.4 Å². The summed E-state index contributed by atoms with van der Waals surface area (Å²) in [5, 5.41) is 0.528. The molecule has 0 radical (unpaired) electrons. The molecule has 0 spiro atoms. The van der Waals surface area contributed by atoms with Crippen LogP contribution in [0.15, 0.2) is 24.3 Å². The molecule has 2 heterocycles. The first-order valence-electron chi connectivity index (χ1n) is 9.69. The van der Waals surface area contributed by atoms with E-state index >= 15 is 0 Å². The van der Waals surface area contributed by atoms with Crippen molar-refractivity contribution in [1.29, 1.82) is 0 Å². The van der Waals surface area contributed by atoms with Crippen LogP contribution in [0.1, 0.15) is 46.5 Å². The minimum Gasteiger partial charge on any atom is -0.376 e. The van der Waals surface area contributed by atoms with E-state index in [2.05, 4.69) is 0 Å². The first-order valence-corrected chi connectivity index (χ1v) is 10.1. The summed E-state index contributed by atoms with van der Waals surface area (Å²) in [6.07, 6.45) is 2.01. The van der Waals surface area contributed by atoms with Gasteiger partial charge in [0.15, 0.2) is 0 Å². The van der Waals surface area contributed by atoms with Gasteiger partial charge in [-0.25, -0.2) is 4.90 Å². The molecule has 2 atom stereocenters. The van der Waals surface area contributed by atoms with E-state index in [-0.39, 0.29) is 35.7 Å². The first-order chi connectivity index (χ1) is 13.2. The zero-order valence-electron chi connectivity index (χ0n) is 16.6. The SMILES string of the molecule is CC(C)(C)CC(=O)N(CC1CCCO1)C1CC(=O)N(c2ccc(Cl)cc2)C1=O. The number of benzene rings is 1. The summed E-state index contributed by atoms with van der Waals surface area (Å²) >= 11 is 5.91. The molecular formula is C21H27ClN2O4. The van der Waals surface area contributed by atoms with Crippen molar-refractivity contribution in [3.63, 3.8) is 0 Å². The molecule has 2 saturated heterocycles. The smallest absolute Gasteiger partial charge is 0.257 e. The normalized spacial score (nSPS) is 22.8. The molecule has 0 N–H and O–H groups in total. The standard InChI is InChI=1S/C21H27ClN2O4/c1-21(2,3)12-19(26)23(13-16-5-4-10-28-16)17-11-18(25)24(20(17)27)15-8-6-14(22)7-9-15/h6-9,16-17H,4-5,10-13H2,1-3H3. The van der Waals surface area contributed by atoms with E-state index in [1.54, 1.807) is 29.2 Å². The van der Waals surface area contributed by atoms with Crippen LogP contribution in [-0.2, 0) is 19.1 Å². The topological polar surface area (TPSA) is 66.9 Å². The molecule has 7 heteroatoms. The van der Waals surface area contributed by atoms with Crippen LogP contribution >= 0.6 is 11.6 Å². The number of rotatable bonds is 5. The fourth-order valence-electron chi connectivity index (χ4n) is 3.69. The summed E-state index contributed by atoms with van der Waals surface area (Å²) < 4.78 is 5.69. The summed E-state index contributed by atoms with van der Waals surface area (Å²) in [7, 11) is 0. The minimum atomic E-state index is -0.790. The molecule has 3 amide bonds. The number of halogens is 1. The molecule has 152 valence electrons. The van der Waals surface area contributed by atoms with Crippen molar-refractivity contribution < 1.29 is 19.1 Å². The monoisotopic (exact) mass is 406 g/mol. The molecule has 0 aliphatic carbocycles. The molecule has 3 rings (SSSR count). The second kappa shape index (κ2) is 8.21. The van der Waals surface area contributed by atoms with Crippen molar-refractivity contribution in [2.24, 2.45) is 5.41 Å². The Labute approximate surface area is 170 Å². The Balaban J connectivity index is 1.84. The van der Waals surface area contributed by atoms with Crippen molar-refractivity contribution in [2.75, 3.05) is 18.1 Å². The van der Waals surface area contributed by atoms with Gasteiger partial charge in [0.05, 0.1) is 18.2 Å². The van der Waals surface area contributed by atoms with Gasteiger partial charge in [0.2, 0.25) is 11.8 Å². The second-order valence-corrected chi connectivity index (χ2v) is 9.12. The fourth-order valence-corrected chi connectivity index (χ4v) is 3.81. The zero-order valence-corrected chi connectivity index (χ0v) is 17.4. The Bertz CT molecular complexity index is 751. The molecule has 28 heavy (non-hydrogen) atoms. The summed E-state index contributed by atoms with van der Waals surface area (Å²) in [5.41, 5.74) is 0.259. The van der Waals surface area contributed by atoms with Crippen LogP contribution in [0.25, 0.3) is 0 Å². The maximum atomic E-state index is 13.1. The highest BCUT2D eigenvalue weighted by atomic mass is 35.5. The van der Waals surface area contributed by atoms with E-state index in [1.807, 2.05) is 20.8 Å². The summed E-state index contributed by atoms with van der Waals surface area (Å²) in [6.45, 7) is 6.96. The van der Waals surface area contributed by atoms with Gasteiger partial charge < -0.3 is 9.64 Å². The Hall–Kier alpha value is -1.92. The average Bonchev–Trinajstić information content (AvgIpc) is 3.20. The summed E-state index contributed by atoms with van der Waals surface area (Å²) in [5.74, 6) is -0.794. The maximum Gasteiger partial charge on any atom is 0.257 e. The van der Waals surface area contributed by atoms with Gasteiger partial charge in [0.1, 0.15) is 6.04 Å². The first kappa shape index (κ1) is 20.8. The number of carbonyl (C=O) groups excluding carboxylic acids is 3. The number of imide groups is 1. The molecule has 0 bridgehead atoms. The molecule has 0 aromatic heterocycles. The van der Waals surface area contributed by atoms with Crippen molar-refractivity contribution in [1.82, 2.24) is 4.90 Å². The van der Waals surface area contributed by atoms with E-state index in [0.29, 0.717) is 30.3 Å². The lowest BCUT2D eigenvalue weighted by molar-refractivity contribution is -0.141. The number of amides is 3. The third-order valence-electron chi connectivity index (χ3n) is 5.01. The van der Waals surface area contributed by atoms with E-state index < -0.39 is 6.04 Å². The Morgan fingerprint density at radius 2 is 1.93 bits per heavy atom. The Morgan fingerprint density at radius 1 is 1.25 bits per heavy atom. The van der Waals surface area contributed by atoms with Gasteiger partial charge >= 0.3 is 0 Å². The van der Waals surface area contributed by atoms with Crippen LogP contribution < -0.4 is 4.90 Å². The number of hydrogen-bond acceptors (Lipinski definition) is 4. The Kier molecular flexibility index (Phi) is 6.10. The minimum absolute atomic E-state index is 0.00986. The molecule has 2 unspecified atom stereocenters. The van der Waals surface area contributed by atoms with Crippen molar-refractivity contribution in [3.05, 3.63) is 29.3 Å². The lowest BCUT2D eigenvalue weighted by Gasteiger charge is -2.32. The van der Waals surface area contributed by atoms with Crippen LogP contribution in [-0.4, -0.2) is 47.9 Å². The fraction of sp³-hybridized carbons (Fsp3) is 0.571. The van der Waals surface area contributed by atoms with Gasteiger partial charge in [-0.3, -0.25) is 14.4 Å². The highest BCUT2D eigenvalue weighted by Gasteiger charge is 2.45. The van der Waals surface area contributed by atoms with Crippen LogP contribution in [0.3, 0.4) is 0 Å². The van der Waals surface area contributed by atoms with Crippen LogP contribution in [0, 0.1) is 5.41 Å². The van der Waals surface area contributed by atoms with E-state index in [1.165, 1.54) is 0 Å². The van der Waals surface area contributed by atoms with E-state index in [4.69, 9.17) is 16.3 Å². The summed E-state index contributed by atoms with van der Waals surface area (Å²) in [6, 6.07) is 5.77. The van der Waals surface area contributed by atoms with Gasteiger partial charge in [-0.05, 0) is 42.5 Å². The Morgan fingerprint density at radius 3 is 2.50 bits per heavy atom. The number of nitrogens with zero attached hydrogens (tertiary/aromatic N) is 2. The molecule has 2 aliphatic heterocycles. The van der Waals surface area contributed by atoms with Gasteiger partial charge in [0.25, 0.3) is 5.91 Å². The van der Waals surface area contributed by atoms with Crippen molar-refractivity contribution in [2.45, 2.75) is 58.6 Å². The van der Waals surface area contributed by atoms with Crippen molar-refractivity contribution >= 4 is 35.0 Å². The number of ether oxygens (including phenoxy) is 1. The predicted octanol–water partition coefficient (Wildman–Crippen LogP) is 3.42. The third kappa shape index (κ3) is 4.73. The third-order valence-corrected chi connectivity index (χ3v) is 5.26. The molecule has 0 saturated carbocycles. The van der Waals surface area contributed by atoms with Crippen molar-refractivity contribution in [3.8, 4) is 0 Å². The van der Waals surface area contributed by atoms with Crippen LogP contribution in [0.5, 0.6) is 0 Å². The number of carbonyl (C=O) groups is 3. The second-order valence-electron chi connectivity index (χ2n) is 8.68. The van der Waals surface area contributed by atoms with E-state index in [9.17, 15) is 14.4 Å². The van der Waals surface area contributed by atoms with Crippen LogP contribution in [0.2, 0.25) is 5.02 Å². The average molecular weight is 407 g/mol. The van der Waals surface area contributed by atoms with Gasteiger partial charge in [-0.15, -0.1) is 0 Å². The molecule has 1 aromatic rings. The number of hydrogen-bond donors (Lipinski definition) is 0. The zero-order chi connectivity index (χ0) is 20.5. The molecule has 1 aromatic carbocycles. The molecular weight excluding hydrogens is 380 g/mol. The largest absolute Gasteiger partial charge is 0.376 e. The molecule has 2 fully saturated rings. The lowest BCUT2D eigenvalue weighted by Crippen LogP contribution is -2.49. The summed E-state index contributed by atoms with van der Waals surface area (Å²) in [4.78, 5) is 41.5. The lowest BCUT2D eigenvalue weighted by atomic mass is 9.91. The molecule has 6 nitrogen and oxygen atoms in total. The highest BCUT2D eigenvalue weighted by Crippen LogP contribution is 2.30. The predicted molar refractivity (Wildman–Crippen MR) is 107 cm³/mol. The van der Waals surface area contributed by atoms with Gasteiger partial charge in [0, 0.05) is 24.6 Å². The highest BCUT2D eigenvalue weighted by molar-refractivity contribution is 6.30. The molecule has 2 aliphatic rings.